The molecule has 1 aromatic rings. The van der Waals surface area contributed by atoms with Gasteiger partial charge in [-0.2, -0.15) is 0 Å². The number of hydrogen-bond donors (Lipinski definition) is 1. The number of hydrogen-bond acceptors (Lipinski definition) is 2. The molecule has 0 atom stereocenters. The van der Waals surface area contributed by atoms with Crippen molar-refractivity contribution in [2.75, 3.05) is 11.9 Å². The Labute approximate surface area is 91.2 Å². The van der Waals surface area contributed by atoms with Crippen LogP contribution in [0.3, 0.4) is 0 Å². The lowest BCUT2D eigenvalue weighted by Gasteiger charge is -2.25. The Bertz CT molecular complexity index is 337. The molecule has 0 aliphatic heterocycles. The van der Waals surface area contributed by atoms with Crippen molar-refractivity contribution in [1.82, 2.24) is 9.55 Å². The number of anilines is 1. The minimum atomic E-state index is 0.827. The van der Waals surface area contributed by atoms with Crippen molar-refractivity contribution in [2.45, 2.75) is 32.7 Å². The first kappa shape index (κ1) is 10.3. The van der Waals surface area contributed by atoms with Gasteiger partial charge in [0.2, 0.25) is 5.95 Å². The van der Waals surface area contributed by atoms with Crippen molar-refractivity contribution in [1.29, 1.82) is 0 Å². The minimum absolute atomic E-state index is 0.827. The number of nitrogens with one attached hydrogen (secondary N) is 1. The molecule has 0 saturated heterocycles. The summed E-state index contributed by atoms with van der Waals surface area (Å²) in [4.78, 5) is 4.46. The van der Waals surface area contributed by atoms with E-state index < -0.39 is 0 Å². The van der Waals surface area contributed by atoms with E-state index in [-0.39, 0.29) is 0 Å². The van der Waals surface area contributed by atoms with Crippen LogP contribution in [0.2, 0.25) is 0 Å². The molecule has 1 aliphatic rings. The number of rotatable bonds is 5. The summed E-state index contributed by atoms with van der Waals surface area (Å²) in [6.45, 7) is 7.66. The van der Waals surface area contributed by atoms with Crippen LogP contribution >= 0.6 is 0 Å². The summed E-state index contributed by atoms with van der Waals surface area (Å²) >= 11 is 0. The molecule has 1 heterocycles. The molecule has 0 amide bonds. The van der Waals surface area contributed by atoms with Crippen molar-refractivity contribution in [3.63, 3.8) is 0 Å². The second-order valence-corrected chi connectivity index (χ2v) is 4.32. The number of allylic oxidation sites excluding steroid dienone is 1. The average Bonchev–Trinajstić information content (AvgIpc) is 2.45. The molecule has 1 aromatic heterocycles. The van der Waals surface area contributed by atoms with Gasteiger partial charge in [-0.25, -0.2) is 4.98 Å². The third kappa shape index (κ3) is 2.41. The molecule has 1 saturated carbocycles. The fourth-order valence-corrected chi connectivity index (χ4v) is 1.90. The summed E-state index contributed by atoms with van der Waals surface area (Å²) in [5.74, 6) is 1.85. The highest BCUT2D eigenvalue weighted by atomic mass is 15.2. The van der Waals surface area contributed by atoms with Gasteiger partial charge in [0, 0.05) is 19.3 Å². The van der Waals surface area contributed by atoms with Crippen LogP contribution in [0, 0.1) is 12.8 Å². The molecule has 0 spiro atoms. The highest BCUT2D eigenvalue weighted by Crippen LogP contribution is 2.26. The summed E-state index contributed by atoms with van der Waals surface area (Å²) in [7, 11) is 0. The zero-order chi connectivity index (χ0) is 10.7. The first-order valence-electron chi connectivity index (χ1n) is 5.68. The molecule has 0 bridgehead atoms. The average molecular weight is 205 g/mol. The first-order chi connectivity index (χ1) is 7.29. The Hall–Kier alpha value is -1.25. The maximum absolute atomic E-state index is 4.46. The standard InChI is InChI=1S/C12H19N3/c1-3-7-15-9-10(2)14-12(15)13-8-11-5-4-6-11/h3,9,11H,1,4-8H2,2H3,(H,13,14). The predicted molar refractivity (Wildman–Crippen MR) is 63.0 cm³/mol. The first-order valence-corrected chi connectivity index (χ1v) is 5.68. The molecule has 3 heteroatoms. The van der Waals surface area contributed by atoms with Gasteiger partial charge in [-0.1, -0.05) is 12.5 Å². The molecule has 0 unspecified atom stereocenters. The molecule has 3 nitrogen and oxygen atoms in total. The van der Waals surface area contributed by atoms with Gasteiger partial charge in [0.15, 0.2) is 0 Å². The lowest BCUT2D eigenvalue weighted by atomic mass is 9.85. The van der Waals surface area contributed by atoms with E-state index in [1.54, 1.807) is 0 Å². The van der Waals surface area contributed by atoms with E-state index in [4.69, 9.17) is 0 Å². The fourth-order valence-electron chi connectivity index (χ4n) is 1.90. The molecular formula is C12H19N3. The van der Waals surface area contributed by atoms with Crippen LogP contribution < -0.4 is 5.32 Å². The van der Waals surface area contributed by atoms with Crippen LogP contribution in [-0.2, 0) is 6.54 Å². The van der Waals surface area contributed by atoms with Crippen molar-refractivity contribution in [3.8, 4) is 0 Å². The Kier molecular flexibility index (Phi) is 3.09. The highest BCUT2D eigenvalue weighted by Gasteiger charge is 2.17. The molecule has 0 aromatic carbocycles. The molecule has 1 fully saturated rings. The topological polar surface area (TPSA) is 29.9 Å². The maximum atomic E-state index is 4.46. The van der Waals surface area contributed by atoms with E-state index >= 15 is 0 Å². The molecule has 1 N–H and O–H groups in total. The quantitative estimate of drug-likeness (QED) is 0.749. The number of imidazole rings is 1. The lowest BCUT2D eigenvalue weighted by molar-refractivity contribution is 0.332. The van der Waals surface area contributed by atoms with E-state index in [1.165, 1.54) is 19.3 Å². The summed E-state index contributed by atoms with van der Waals surface area (Å²) in [5.41, 5.74) is 1.06. The van der Waals surface area contributed by atoms with Crippen LogP contribution in [-0.4, -0.2) is 16.1 Å². The summed E-state index contributed by atoms with van der Waals surface area (Å²) in [6.07, 6.45) is 8.09. The van der Waals surface area contributed by atoms with Crippen molar-refractivity contribution >= 4 is 5.95 Å². The van der Waals surface area contributed by atoms with Gasteiger partial charge >= 0.3 is 0 Å². The van der Waals surface area contributed by atoms with Crippen LogP contribution in [0.25, 0.3) is 0 Å². The Morgan fingerprint density at radius 1 is 1.67 bits per heavy atom. The normalized spacial score (nSPS) is 16.1. The largest absolute Gasteiger partial charge is 0.355 e. The fraction of sp³-hybridized carbons (Fsp3) is 0.583. The van der Waals surface area contributed by atoms with Crippen LogP contribution in [0.1, 0.15) is 25.0 Å². The number of aromatic nitrogens is 2. The smallest absolute Gasteiger partial charge is 0.203 e. The zero-order valence-corrected chi connectivity index (χ0v) is 9.37. The lowest BCUT2D eigenvalue weighted by Crippen LogP contribution is -2.22. The van der Waals surface area contributed by atoms with E-state index in [9.17, 15) is 0 Å². The van der Waals surface area contributed by atoms with Gasteiger partial charge in [-0.05, 0) is 25.7 Å². The van der Waals surface area contributed by atoms with Crippen molar-refractivity contribution < 1.29 is 0 Å². The Morgan fingerprint density at radius 2 is 2.47 bits per heavy atom. The van der Waals surface area contributed by atoms with Crippen LogP contribution in [0.5, 0.6) is 0 Å². The SMILES string of the molecule is C=CCn1cc(C)nc1NCC1CCC1. The molecular weight excluding hydrogens is 186 g/mol. The Morgan fingerprint density at radius 3 is 3.07 bits per heavy atom. The molecule has 1 aliphatic carbocycles. The van der Waals surface area contributed by atoms with Gasteiger partial charge in [-0.15, -0.1) is 6.58 Å². The van der Waals surface area contributed by atoms with Gasteiger partial charge in [0.1, 0.15) is 0 Å². The zero-order valence-electron chi connectivity index (χ0n) is 9.37. The Balaban J connectivity index is 1.95. The van der Waals surface area contributed by atoms with Crippen LogP contribution in [0.4, 0.5) is 5.95 Å². The predicted octanol–water partition coefficient (Wildman–Crippen LogP) is 2.59. The third-order valence-electron chi connectivity index (χ3n) is 3.00. The van der Waals surface area contributed by atoms with Gasteiger partial charge < -0.3 is 9.88 Å². The van der Waals surface area contributed by atoms with Crippen LogP contribution in [0.15, 0.2) is 18.9 Å². The number of aryl methyl sites for hydroxylation is 1. The molecule has 15 heavy (non-hydrogen) atoms. The van der Waals surface area contributed by atoms with Gasteiger partial charge in [-0.3, -0.25) is 0 Å². The van der Waals surface area contributed by atoms with E-state index in [0.29, 0.717) is 0 Å². The highest BCUT2D eigenvalue weighted by molar-refractivity contribution is 5.29. The second-order valence-electron chi connectivity index (χ2n) is 4.32. The summed E-state index contributed by atoms with van der Waals surface area (Å²) in [5, 5.41) is 3.42. The monoisotopic (exact) mass is 205 g/mol. The number of nitrogens with zero attached hydrogens (tertiary/aromatic N) is 2. The van der Waals surface area contributed by atoms with E-state index in [2.05, 4.69) is 27.6 Å². The second kappa shape index (κ2) is 4.51. The van der Waals surface area contributed by atoms with Gasteiger partial charge in [0.05, 0.1) is 5.69 Å². The van der Waals surface area contributed by atoms with Gasteiger partial charge in [0.25, 0.3) is 0 Å². The van der Waals surface area contributed by atoms with Crippen molar-refractivity contribution in [2.24, 2.45) is 5.92 Å². The summed E-state index contributed by atoms with van der Waals surface area (Å²) in [6, 6.07) is 0. The maximum Gasteiger partial charge on any atom is 0.203 e. The molecule has 0 radical (unpaired) electrons. The van der Waals surface area contributed by atoms with E-state index in [1.807, 2.05) is 13.0 Å². The molecule has 82 valence electrons. The summed E-state index contributed by atoms with van der Waals surface area (Å²) < 4.78 is 2.11. The minimum Gasteiger partial charge on any atom is -0.355 e. The van der Waals surface area contributed by atoms with Crippen molar-refractivity contribution in [3.05, 3.63) is 24.5 Å². The molecule has 2 rings (SSSR count). The third-order valence-corrected chi connectivity index (χ3v) is 3.00. The van der Waals surface area contributed by atoms with E-state index in [0.717, 1.165) is 30.6 Å².